The summed E-state index contributed by atoms with van der Waals surface area (Å²) in [5.41, 5.74) is 3.37. The molecule has 2 fully saturated rings. The maximum Gasteiger partial charge on any atom is 0.335 e. The van der Waals surface area contributed by atoms with Crippen LogP contribution in [0.4, 0.5) is 5.69 Å². The Kier molecular flexibility index (Phi) is 8.69. The summed E-state index contributed by atoms with van der Waals surface area (Å²) in [7, 11) is -3.64. The third kappa shape index (κ3) is 6.40. The number of aryl methyl sites for hydroxylation is 1. The molecule has 43 heavy (non-hydrogen) atoms. The number of benzene rings is 2. The summed E-state index contributed by atoms with van der Waals surface area (Å²) in [6.45, 7) is 4.24. The number of nitrogens with zero attached hydrogens (tertiary/aromatic N) is 1. The van der Waals surface area contributed by atoms with E-state index in [2.05, 4.69) is 17.0 Å². The van der Waals surface area contributed by atoms with Crippen LogP contribution in [-0.2, 0) is 31.3 Å². The highest BCUT2D eigenvalue weighted by atomic mass is 35.5. The van der Waals surface area contributed by atoms with E-state index in [9.17, 15) is 18.3 Å². The molecule has 11 heteroatoms. The average molecular weight is 633 g/mol. The summed E-state index contributed by atoms with van der Waals surface area (Å²) in [4.78, 5) is 14.3. The lowest BCUT2D eigenvalue weighted by Crippen LogP contribution is -2.51. The van der Waals surface area contributed by atoms with Crippen molar-refractivity contribution in [2.45, 2.75) is 74.7 Å². The number of ether oxygens (including phenoxy) is 3. The highest BCUT2D eigenvalue weighted by Gasteiger charge is 2.45. The largest absolute Gasteiger partial charge is 0.490 e. The van der Waals surface area contributed by atoms with E-state index < -0.39 is 21.2 Å². The fourth-order valence-electron chi connectivity index (χ4n) is 7.45. The molecule has 6 rings (SSSR count). The Bertz CT molecular complexity index is 1470. The molecule has 6 atom stereocenters. The zero-order valence-corrected chi connectivity index (χ0v) is 26.1. The van der Waals surface area contributed by atoms with Crippen molar-refractivity contribution < 1.29 is 32.5 Å². The lowest BCUT2D eigenvalue weighted by Gasteiger charge is -2.47. The molecule has 0 amide bonds. The fourth-order valence-corrected chi connectivity index (χ4v) is 7.92. The van der Waals surface area contributed by atoms with Crippen LogP contribution < -0.4 is 14.8 Å². The maximum atomic E-state index is 12.0. The third-order valence-electron chi connectivity index (χ3n) is 10.1. The Morgan fingerprint density at radius 3 is 2.81 bits per heavy atom. The molecule has 4 aliphatic rings. The minimum Gasteiger partial charge on any atom is -0.490 e. The van der Waals surface area contributed by atoms with E-state index in [1.165, 1.54) is 11.1 Å². The summed E-state index contributed by atoms with van der Waals surface area (Å²) in [5, 5.41) is 15.1. The number of nitrogens with two attached hydrogens (primary N) is 1. The zero-order valence-electron chi connectivity index (χ0n) is 24.5. The first-order chi connectivity index (χ1) is 20.5. The van der Waals surface area contributed by atoms with Crippen LogP contribution in [-0.4, -0.2) is 69.9 Å². The first kappa shape index (κ1) is 30.6. The maximum absolute atomic E-state index is 12.0. The quantitative estimate of drug-likeness (QED) is 0.426. The van der Waals surface area contributed by atoms with Crippen molar-refractivity contribution in [1.29, 1.82) is 0 Å². The number of anilines is 1. The van der Waals surface area contributed by atoms with Crippen molar-refractivity contribution in [3.8, 4) is 5.75 Å². The molecule has 0 aromatic heterocycles. The zero-order chi connectivity index (χ0) is 30.4. The van der Waals surface area contributed by atoms with Gasteiger partial charge in [-0.3, -0.25) is 0 Å². The van der Waals surface area contributed by atoms with Crippen LogP contribution in [0.1, 0.15) is 66.9 Å². The summed E-state index contributed by atoms with van der Waals surface area (Å²) in [6, 6.07) is 11.4. The van der Waals surface area contributed by atoms with E-state index in [1.54, 1.807) is 25.1 Å². The van der Waals surface area contributed by atoms with Gasteiger partial charge in [0.15, 0.2) is 0 Å². The van der Waals surface area contributed by atoms with Gasteiger partial charge in [0.25, 0.3) is 0 Å². The van der Waals surface area contributed by atoms with Gasteiger partial charge >= 0.3 is 5.97 Å². The Hall–Kier alpha value is -2.37. The highest BCUT2D eigenvalue weighted by Crippen LogP contribution is 2.47. The first-order valence-electron chi connectivity index (χ1n) is 15.3. The molecule has 234 valence electrons. The van der Waals surface area contributed by atoms with Gasteiger partial charge in [0.05, 0.1) is 41.9 Å². The van der Waals surface area contributed by atoms with E-state index in [1.807, 2.05) is 6.07 Å². The van der Waals surface area contributed by atoms with Crippen molar-refractivity contribution >= 4 is 33.3 Å². The molecule has 2 aliphatic carbocycles. The van der Waals surface area contributed by atoms with E-state index in [-0.39, 0.29) is 29.8 Å². The molecule has 2 aliphatic heterocycles. The van der Waals surface area contributed by atoms with Gasteiger partial charge in [-0.05, 0) is 98.7 Å². The second-order valence-corrected chi connectivity index (χ2v) is 15.3. The molecular weight excluding hydrogens is 592 g/mol. The molecule has 0 bridgehead atoms. The van der Waals surface area contributed by atoms with Crippen LogP contribution >= 0.6 is 11.6 Å². The standard InChI is InChI=1S/C32H41ClN2O7S/c1-20(43(34,38)39)17-41-25-10-12-40-30(15-25)26-7-4-23(26)16-35-18-32(11-2-3-21-13-24(33)6-8-27(21)32)19-42-29-9-5-22(31(36)37)14-28(29)35/h5-6,8-9,13-14,20,23,25-26,30H,2-4,7,10-12,15-19H2,1H3,(H,36,37)(H2,34,38,39)/t20-,23-,25+,26+,30+,32?/m0/s1. The second-order valence-electron chi connectivity index (χ2n) is 12.9. The van der Waals surface area contributed by atoms with Gasteiger partial charge in [-0.15, -0.1) is 0 Å². The number of hydrogen-bond acceptors (Lipinski definition) is 7. The number of fused-ring (bicyclic) bond motifs is 3. The van der Waals surface area contributed by atoms with Gasteiger partial charge < -0.3 is 24.2 Å². The number of carbonyl (C=O) groups is 1. The van der Waals surface area contributed by atoms with Gasteiger partial charge in [0.1, 0.15) is 5.75 Å². The fraction of sp³-hybridized carbons (Fsp3) is 0.594. The molecule has 2 heterocycles. The summed E-state index contributed by atoms with van der Waals surface area (Å²) < 4.78 is 42.0. The van der Waals surface area contributed by atoms with Crippen LogP contribution in [0.25, 0.3) is 0 Å². The van der Waals surface area contributed by atoms with Crippen molar-refractivity contribution in [3.63, 3.8) is 0 Å². The Balaban J connectivity index is 1.23. The second kappa shape index (κ2) is 12.2. The van der Waals surface area contributed by atoms with Crippen LogP contribution in [0, 0.1) is 11.8 Å². The molecule has 1 saturated heterocycles. The number of rotatable bonds is 8. The van der Waals surface area contributed by atoms with Gasteiger partial charge in [0.2, 0.25) is 10.0 Å². The minimum atomic E-state index is -3.64. The van der Waals surface area contributed by atoms with Gasteiger partial charge in [0, 0.05) is 36.6 Å². The van der Waals surface area contributed by atoms with E-state index in [0.29, 0.717) is 30.8 Å². The Morgan fingerprint density at radius 2 is 2.07 bits per heavy atom. The Labute approximate surface area is 258 Å². The number of hydrogen-bond donors (Lipinski definition) is 2. The predicted octanol–water partition coefficient (Wildman–Crippen LogP) is 4.78. The van der Waals surface area contributed by atoms with E-state index >= 15 is 0 Å². The smallest absolute Gasteiger partial charge is 0.335 e. The molecule has 1 saturated carbocycles. The highest BCUT2D eigenvalue weighted by molar-refractivity contribution is 7.89. The Morgan fingerprint density at radius 1 is 1.23 bits per heavy atom. The molecule has 9 nitrogen and oxygen atoms in total. The molecular formula is C32H41ClN2O7S. The van der Waals surface area contributed by atoms with Crippen LogP contribution in [0.5, 0.6) is 5.75 Å². The normalized spacial score (nSPS) is 29.5. The predicted molar refractivity (Wildman–Crippen MR) is 165 cm³/mol. The van der Waals surface area contributed by atoms with Gasteiger partial charge in [-0.1, -0.05) is 17.7 Å². The lowest BCUT2D eigenvalue weighted by molar-refractivity contribution is -0.116. The van der Waals surface area contributed by atoms with Crippen molar-refractivity contribution in [1.82, 2.24) is 0 Å². The molecule has 3 N–H and O–H groups in total. The number of carboxylic acid groups (broad SMARTS) is 1. The van der Waals surface area contributed by atoms with Crippen LogP contribution in [0.15, 0.2) is 36.4 Å². The molecule has 2 aromatic carbocycles. The topological polar surface area (TPSA) is 128 Å². The van der Waals surface area contributed by atoms with E-state index in [4.69, 9.17) is 31.0 Å². The molecule has 1 unspecified atom stereocenters. The number of carboxylic acids is 1. The summed E-state index contributed by atoms with van der Waals surface area (Å²) >= 11 is 6.38. The number of aromatic carboxylic acids is 1. The number of sulfonamides is 1. The molecule has 2 aromatic rings. The molecule has 0 radical (unpaired) electrons. The third-order valence-corrected chi connectivity index (χ3v) is 11.6. The van der Waals surface area contributed by atoms with Crippen LogP contribution in [0.2, 0.25) is 5.02 Å². The monoisotopic (exact) mass is 632 g/mol. The summed E-state index contributed by atoms with van der Waals surface area (Å²) in [5.74, 6) is 0.451. The lowest BCUT2D eigenvalue weighted by atomic mass is 9.67. The SMILES string of the molecule is C[C@@H](CO[C@@H]1CCO[C@@H]([C@@H]2CC[C@H]2CN2CC3(CCCc4cc(Cl)ccc43)COc3ccc(C(=O)O)cc32)C1)S(N)(=O)=O. The number of primary sulfonamides is 1. The average Bonchev–Trinajstić information content (AvgIpc) is 3.10. The van der Waals surface area contributed by atoms with E-state index in [0.717, 1.165) is 68.7 Å². The van der Waals surface area contributed by atoms with Crippen molar-refractivity contribution in [2.75, 3.05) is 37.8 Å². The molecule has 1 spiro atoms. The van der Waals surface area contributed by atoms with Gasteiger partial charge in [-0.2, -0.15) is 0 Å². The van der Waals surface area contributed by atoms with Gasteiger partial charge in [-0.25, -0.2) is 18.4 Å². The minimum absolute atomic E-state index is 0.0295. The van der Waals surface area contributed by atoms with Crippen LogP contribution in [0.3, 0.4) is 0 Å². The first-order valence-corrected chi connectivity index (χ1v) is 17.3. The summed E-state index contributed by atoms with van der Waals surface area (Å²) in [6.07, 6.45) is 6.52. The van der Waals surface area contributed by atoms with Crippen molar-refractivity contribution in [2.24, 2.45) is 17.0 Å². The van der Waals surface area contributed by atoms with Crippen molar-refractivity contribution in [3.05, 3.63) is 58.1 Å². The number of halogens is 1.